The number of halogens is 1. The lowest BCUT2D eigenvalue weighted by molar-refractivity contribution is 0.182. The van der Waals surface area contributed by atoms with Gasteiger partial charge in [0.2, 0.25) is 10.0 Å². The monoisotopic (exact) mass is 333 g/mol. The SMILES string of the molecule is C=CCN(CCOC)S(=O)(=O)c1cccc(Br)c1. The Labute approximate surface area is 116 Å². The first-order chi connectivity index (χ1) is 8.52. The van der Waals surface area contributed by atoms with Gasteiger partial charge in [0.25, 0.3) is 0 Å². The van der Waals surface area contributed by atoms with Crippen molar-refractivity contribution in [3.05, 3.63) is 41.4 Å². The van der Waals surface area contributed by atoms with Crippen molar-refractivity contribution in [1.29, 1.82) is 0 Å². The van der Waals surface area contributed by atoms with Gasteiger partial charge in [-0.15, -0.1) is 6.58 Å². The molecule has 1 aromatic rings. The molecule has 0 heterocycles. The van der Waals surface area contributed by atoms with Crippen LogP contribution in [0.15, 0.2) is 46.3 Å². The van der Waals surface area contributed by atoms with E-state index in [4.69, 9.17) is 4.74 Å². The normalized spacial score (nSPS) is 11.7. The number of hydrogen-bond donors (Lipinski definition) is 0. The molecule has 0 N–H and O–H groups in total. The number of ether oxygens (including phenoxy) is 1. The molecule has 0 bridgehead atoms. The van der Waals surface area contributed by atoms with Gasteiger partial charge in [-0.3, -0.25) is 0 Å². The third-order valence-electron chi connectivity index (χ3n) is 2.31. The van der Waals surface area contributed by atoms with Gasteiger partial charge >= 0.3 is 0 Å². The van der Waals surface area contributed by atoms with E-state index >= 15 is 0 Å². The van der Waals surface area contributed by atoms with Gasteiger partial charge in [0.05, 0.1) is 11.5 Å². The van der Waals surface area contributed by atoms with E-state index in [0.29, 0.717) is 13.2 Å². The van der Waals surface area contributed by atoms with E-state index in [1.807, 2.05) is 0 Å². The van der Waals surface area contributed by atoms with Gasteiger partial charge in [0, 0.05) is 24.7 Å². The highest BCUT2D eigenvalue weighted by atomic mass is 79.9. The molecule has 1 aromatic carbocycles. The summed E-state index contributed by atoms with van der Waals surface area (Å²) in [5.74, 6) is 0. The van der Waals surface area contributed by atoms with Crippen LogP contribution < -0.4 is 0 Å². The summed E-state index contributed by atoms with van der Waals surface area (Å²) in [4.78, 5) is 0.259. The molecule has 0 saturated carbocycles. The molecule has 100 valence electrons. The second kappa shape index (κ2) is 7.04. The van der Waals surface area contributed by atoms with Gasteiger partial charge < -0.3 is 4.74 Å². The molecule has 0 spiro atoms. The first-order valence-corrected chi connectivity index (χ1v) is 7.61. The number of methoxy groups -OCH3 is 1. The number of nitrogens with zero attached hydrogens (tertiary/aromatic N) is 1. The second-order valence-electron chi connectivity index (χ2n) is 3.60. The highest BCUT2D eigenvalue weighted by molar-refractivity contribution is 9.10. The Bertz CT molecular complexity index is 502. The average Bonchev–Trinajstić information content (AvgIpc) is 2.34. The molecule has 0 fully saturated rings. The highest BCUT2D eigenvalue weighted by Crippen LogP contribution is 2.19. The second-order valence-corrected chi connectivity index (χ2v) is 6.46. The minimum Gasteiger partial charge on any atom is -0.383 e. The van der Waals surface area contributed by atoms with Crippen molar-refractivity contribution in [3.8, 4) is 0 Å². The minimum absolute atomic E-state index is 0.259. The number of benzene rings is 1. The predicted molar refractivity (Wildman–Crippen MR) is 75.0 cm³/mol. The fourth-order valence-electron chi connectivity index (χ4n) is 1.42. The van der Waals surface area contributed by atoms with Gasteiger partial charge in [-0.2, -0.15) is 4.31 Å². The van der Waals surface area contributed by atoms with Crippen molar-refractivity contribution in [2.45, 2.75) is 4.90 Å². The Morgan fingerprint density at radius 2 is 2.22 bits per heavy atom. The van der Waals surface area contributed by atoms with Crippen LogP contribution in [0.25, 0.3) is 0 Å². The molecule has 18 heavy (non-hydrogen) atoms. The quantitative estimate of drug-likeness (QED) is 0.719. The van der Waals surface area contributed by atoms with Crippen LogP contribution in [-0.4, -0.2) is 39.5 Å². The average molecular weight is 334 g/mol. The minimum atomic E-state index is -3.51. The van der Waals surface area contributed by atoms with Gasteiger partial charge in [-0.1, -0.05) is 28.1 Å². The van der Waals surface area contributed by atoms with E-state index in [9.17, 15) is 8.42 Å². The summed E-state index contributed by atoms with van der Waals surface area (Å²) < 4.78 is 31.8. The third-order valence-corrected chi connectivity index (χ3v) is 4.67. The Morgan fingerprint density at radius 1 is 1.50 bits per heavy atom. The molecule has 0 aliphatic carbocycles. The summed E-state index contributed by atoms with van der Waals surface area (Å²) in [6.07, 6.45) is 1.56. The Hall–Kier alpha value is -0.690. The summed E-state index contributed by atoms with van der Waals surface area (Å²) in [5.41, 5.74) is 0. The topological polar surface area (TPSA) is 46.6 Å². The molecule has 0 amide bonds. The molecule has 0 aliphatic heterocycles. The van der Waals surface area contributed by atoms with Crippen molar-refractivity contribution in [2.24, 2.45) is 0 Å². The molecular formula is C12H16BrNO3S. The summed E-state index contributed by atoms with van der Waals surface area (Å²) >= 11 is 3.27. The summed E-state index contributed by atoms with van der Waals surface area (Å²) in [7, 11) is -1.97. The molecular weight excluding hydrogens is 318 g/mol. The van der Waals surface area contributed by atoms with Gasteiger partial charge in [0.15, 0.2) is 0 Å². The lowest BCUT2D eigenvalue weighted by atomic mass is 10.4. The lowest BCUT2D eigenvalue weighted by Gasteiger charge is -2.20. The van der Waals surface area contributed by atoms with Gasteiger partial charge in [0.1, 0.15) is 0 Å². The fourth-order valence-corrected chi connectivity index (χ4v) is 3.42. The summed E-state index contributed by atoms with van der Waals surface area (Å²) in [5, 5.41) is 0. The van der Waals surface area contributed by atoms with Crippen LogP contribution in [-0.2, 0) is 14.8 Å². The molecule has 1 rings (SSSR count). The summed E-state index contributed by atoms with van der Waals surface area (Å²) in [6, 6.07) is 6.63. The molecule has 0 saturated heterocycles. The Kier molecular flexibility index (Phi) is 6.01. The van der Waals surface area contributed by atoms with Crippen LogP contribution in [0.2, 0.25) is 0 Å². The third kappa shape index (κ3) is 3.91. The number of hydrogen-bond acceptors (Lipinski definition) is 3. The maximum atomic E-state index is 12.4. The smallest absolute Gasteiger partial charge is 0.243 e. The lowest BCUT2D eigenvalue weighted by Crippen LogP contribution is -2.34. The first kappa shape index (κ1) is 15.4. The van der Waals surface area contributed by atoms with E-state index in [2.05, 4.69) is 22.5 Å². The highest BCUT2D eigenvalue weighted by Gasteiger charge is 2.23. The summed E-state index contributed by atoms with van der Waals surface area (Å²) in [6.45, 7) is 4.49. The largest absolute Gasteiger partial charge is 0.383 e. The predicted octanol–water partition coefficient (Wildman–Crippen LogP) is 2.27. The van der Waals surface area contributed by atoms with Crippen LogP contribution in [0.5, 0.6) is 0 Å². The van der Waals surface area contributed by atoms with Gasteiger partial charge in [-0.25, -0.2) is 8.42 Å². The fraction of sp³-hybridized carbons (Fsp3) is 0.333. The zero-order valence-electron chi connectivity index (χ0n) is 10.2. The van der Waals surface area contributed by atoms with Crippen LogP contribution in [0.4, 0.5) is 0 Å². The standard InChI is InChI=1S/C12H16BrNO3S/c1-3-7-14(8-9-17-2)18(15,16)12-6-4-5-11(13)10-12/h3-6,10H,1,7-9H2,2H3. The molecule has 0 atom stereocenters. The van der Waals surface area contributed by atoms with E-state index < -0.39 is 10.0 Å². The maximum absolute atomic E-state index is 12.4. The molecule has 0 radical (unpaired) electrons. The number of rotatable bonds is 7. The van der Waals surface area contributed by atoms with Crippen LogP contribution in [0.3, 0.4) is 0 Å². The van der Waals surface area contributed by atoms with Crippen LogP contribution in [0, 0.1) is 0 Å². The Balaban J connectivity index is 3.04. The van der Waals surface area contributed by atoms with Crippen LogP contribution in [0.1, 0.15) is 0 Å². The van der Waals surface area contributed by atoms with Crippen molar-refractivity contribution in [1.82, 2.24) is 4.31 Å². The van der Waals surface area contributed by atoms with Gasteiger partial charge in [-0.05, 0) is 18.2 Å². The molecule has 0 unspecified atom stereocenters. The molecule has 0 aliphatic rings. The molecule has 0 aromatic heterocycles. The first-order valence-electron chi connectivity index (χ1n) is 5.38. The van der Waals surface area contributed by atoms with Crippen molar-refractivity contribution >= 4 is 26.0 Å². The number of sulfonamides is 1. The van der Waals surface area contributed by atoms with Crippen molar-refractivity contribution in [3.63, 3.8) is 0 Å². The van der Waals surface area contributed by atoms with Crippen LogP contribution >= 0.6 is 15.9 Å². The van der Waals surface area contributed by atoms with E-state index in [1.165, 1.54) is 11.4 Å². The van der Waals surface area contributed by atoms with E-state index in [-0.39, 0.29) is 11.4 Å². The van der Waals surface area contributed by atoms with Crippen molar-refractivity contribution < 1.29 is 13.2 Å². The van der Waals surface area contributed by atoms with Crippen molar-refractivity contribution in [2.75, 3.05) is 26.8 Å². The Morgan fingerprint density at radius 3 is 2.78 bits per heavy atom. The van der Waals surface area contributed by atoms with E-state index in [1.54, 1.807) is 30.3 Å². The zero-order chi connectivity index (χ0) is 13.6. The molecule has 6 heteroatoms. The molecule has 4 nitrogen and oxygen atoms in total. The zero-order valence-corrected chi connectivity index (χ0v) is 12.6. The maximum Gasteiger partial charge on any atom is 0.243 e. The van der Waals surface area contributed by atoms with E-state index in [0.717, 1.165) is 4.47 Å².